The van der Waals surface area contributed by atoms with Gasteiger partial charge in [-0.2, -0.15) is 0 Å². The lowest BCUT2D eigenvalue weighted by atomic mass is 9.75. The minimum Gasteiger partial charge on any atom is -0.480 e. The molecule has 0 radical (unpaired) electrons. The molecule has 0 bridgehead atoms. The van der Waals surface area contributed by atoms with Gasteiger partial charge in [-0.1, -0.05) is 18.5 Å². The van der Waals surface area contributed by atoms with Crippen molar-refractivity contribution >= 4 is 37.2 Å². The molecule has 0 heterocycles. The Morgan fingerprint density at radius 1 is 1.08 bits per heavy atom. The van der Waals surface area contributed by atoms with Crippen molar-refractivity contribution in [3.63, 3.8) is 0 Å². The van der Waals surface area contributed by atoms with E-state index in [-0.39, 0.29) is 61.3 Å². The van der Waals surface area contributed by atoms with Crippen LogP contribution in [-0.2, 0) is 29.2 Å². The molecule has 36 heavy (non-hydrogen) atoms. The van der Waals surface area contributed by atoms with Gasteiger partial charge in [0.2, 0.25) is 0 Å². The van der Waals surface area contributed by atoms with Crippen LogP contribution in [0.15, 0.2) is 47.4 Å². The largest absolute Gasteiger partial charge is 0.480 e. The predicted molar refractivity (Wildman–Crippen MR) is 133 cm³/mol. The number of carbonyl (C=O) groups is 1. The molecular weight excluding hydrogens is 534 g/mol. The van der Waals surface area contributed by atoms with Crippen LogP contribution in [-0.4, -0.2) is 38.9 Å². The lowest BCUT2D eigenvalue weighted by Crippen LogP contribution is -2.46. The Labute approximate surface area is 215 Å². The molecule has 1 atom stereocenters. The normalized spacial score (nSPS) is 22.6. The number of hydrogen-bond donors (Lipinski definition) is 1. The van der Waals surface area contributed by atoms with Gasteiger partial charge in [0.15, 0.2) is 24.4 Å². The number of aliphatic carboxylic acids is 1. The van der Waals surface area contributed by atoms with E-state index in [0.717, 1.165) is 24.5 Å². The van der Waals surface area contributed by atoms with Gasteiger partial charge in [-0.3, -0.25) is 4.79 Å². The summed E-state index contributed by atoms with van der Waals surface area (Å²) in [4.78, 5) is 11.8. The van der Waals surface area contributed by atoms with E-state index in [1.165, 1.54) is 31.2 Å². The Balaban J connectivity index is 1.97. The zero-order valence-electron chi connectivity index (χ0n) is 20.0. The van der Waals surface area contributed by atoms with Gasteiger partial charge in [-0.15, -0.1) is 0 Å². The topological polar surface area (TPSA) is 106 Å². The van der Waals surface area contributed by atoms with Gasteiger partial charge in [0.05, 0.1) is 4.90 Å². The predicted octanol–water partition coefficient (Wildman–Crippen LogP) is 5.54. The van der Waals surface area contributed by atoms with E-state index in [4.69, 9.17) is 11.6 Å². The number of rotatable bonds is 9. The third-order valence-electron chi connectivity index (χ3n) is 7.60. The molecule has 1 aliphatic carbocycles. The monoisotopic (exact) mass is 562 g/mol. The van der Waals surface area contributed by atoms with Crippen molar-refractivity contribution in [2.45, 2.75) is 66.3 Å². The summed E-state index contributed by atoms with van der Waals surface area (Å²) in [5.41, 5.74) is -0.250. The molecular formula is C25H29ClF2O6S2. The van der Waals surface area contributed by atoms with Crippen molar-refractivity contribution in [2.75, 3.05) is 6.26 Å². The molecule has 0 amide bonds. The quantitative estimate of drug-likeness (QED) is 0.430. The van der Waals surface area contributed by atoms with E-state index in [1.807, 2.05) is 0 Å². The maximum atomic E-state index is 15.0. The average molecular weight is 563 g/mol. The summed E-state index contributed by atoms with van der Waals surface area (Å²) in [6.45, 7) is 1.51. The molecule has 2 aromatic carbocycles. The fourth-order valence-corrected chi connectivity index (χ4v) is 8.90. The first kappa shape index (κ1) is 28.5. The summed E-state index contributed by atoms with van der Waals surface area (Å²) in [6.07, 6.45) is 1.41. The maximum Gasteiger partial charge on any atom is 0.325 e. The highest BCUT2D eigenvalue weighted by molar-refractivity contribution is 7.93. The van der Waals surface area contributed by atoms with Gasteiger partial charge < -0.3 is 5.11 Å². The molecule has 0 aliphatic heterocycles. The second kappa shape index (κ2) is 10.4. The zero-order chi connectivity index (χ0) is 26.9. The van der Waals surface area contributed by atoms with E-state index < -0.39 is 46.8 Å². The first-order chi connectivity index (χ1) is 16.7. The molecule has 6 nitrogen and oxygen atoms in total. The van der Waals surface area contributed by atoms with E-state index in [2.05, 4.69) is 0 Å². The van der Waals surface area contributed by atoms with Crippen LogP contribution in [0.1, 0.15) is 57.4 Å². The smallest absolute Gasteiger partial charge is 0.325 e. The third-order valence-corrected chi connectivity index (χ3v) is 12.5. The van der Waals surface area contributed by atoms with Gasteiger partial charge in [-0.05, 0) is 93.3 Å². The molecule has 198 valence electrons. The van der Waals surface area contributed by atoms with Crippen molar-refractivity contribution in [1.29, 1.82) is 0 Å². The molecule has 0 saturated heterocycles. The SMILES string of the molecule is CCC(CCC1CCC(c2cc(F)ccc2F)(S(=O)(=O)c2ccc(Cl)cc2)CC1)(C(=O)O)S(C)(=O)=O. The van der Waals surface area contributed by atoms with Gasteiger partial charge in [0, 0.05) is 16.8 Å². The van der Waals surface area contributed by atoms with Crippen LogP contribution in [0, 0.1) is 17.6 Å². The molecule has 3 rings (SSSR count). The molecule has 1 aliphatic rings. The highest BCUT2D eigenvalue weighted by Gasteiger charge is 2.51. The van der Waals surface area contributed by atoms with Gasteiger partial charge in [0.25, 0.3) is 0 Å². The number of sulfone groups is 2. The van der Waals surface area contributed by atoms with E-state index >= 15 is 0 Å². The standard InChI is InChI=1S/C25H29ClF2O6S2/c1-3-24(23(29)30,35(2,31)32)13-10-17-11-14-25(15-12-17,21-16-19(27)6-9-22(21)28)36(33,34)20-7-4-18(26)5-8-20/h4-9,16-17H,3,10-15H2,1-2H3,(H,29,30). The number of benzene rings is 2. The van der Waals surface area contributed by atoms with Crippen molar-refractivity contribution in [2.24, 2.45) is 5.92 Å². The van der Waals surface area contributed by atoms with Crippen LogP contribution in [0.2, 0.25) is 5.02 Å². The van der Waals surface area contributed by atoms with Crippen LogP contribution in [0.25, 0.3) is 0 Å². The minimum atomic E-state index is -4.20. The fraction of sp³-hybridized carbons (Fsp3) is 0.480. The van der Waals surface area contributed by atoms with Crippen LogP contribution in [0.4, 0.5) is 8.78 Å². The summed E-state index contributed by atoms with van der Waals surface area (Å²) in [7, 11) is -8.11. The van der Waals surface area contributed by atoms with Gasteiger partial charge in [0.1, 0.15) is 16.4 Å². The Morgan fingerprint density at radius 3 is 2.17 bits per heavy atom. The van der Waals surface area contributed by atoms with Gasteiger partial charge in [-0.25, -0.2) is 25.6 Å². The summed E-state index contributed by atoms with van der Waals surface area (Å²) in [5.74, 6) is -3.19. The molecule has 1 unspecified atom stereocenters. The summed E-state index contributed by atoms with van der Waals surface area (Å²) in [6, 6.07) is 8.24. The van der Waals surface area contributed by atoms with Crippen molar-refractivity contribution < 1.29 is 35.5 Å². The molecule has 1 fully saturated rings. The molecule has 0 spiro atoms. The number of halogens is 3. The second-order valence-electron chi connectivity index (χ2n) is 9.48. The van der Waals surface area contributed by atoms with Crippen molar-refractivity contribution in [3.05, 3.63) is 64.7 Å². The first-order valence-electron chi connectivity index (χ1n) is 11.6. The molecule has 1 saturated carbocycles. The molecule has 11 heteroatoms. The fourth-order valence-electron chi connectivity index (χ4n) is 5.28. The minimum absolute atomic E-state index is 0.0337. The Bertz CT molecular complexity index is 1340. The Kier molecular flexibility index (Phi) is 8.22. The Morgan fingerprint density at radius 2 is 1.67 bits per heavy atom. The zero-order valence-corrected chi connectivity index (χ0v) is 22.4. The summed E-state index contributed by atoms with van der Waals surface area (Å²) >= 11 is 5.91. The number of hydrogen-bond acceptors (Lipinski definition) is 5. The summed E-state index contributed by atoms with van der Waals surface area (Å²) in [5, 5.41) is 10.0. The average Bonchev–Trinajstić information content (AvgIpc) is 2.81. The van der Waals surface area contributed by atoms with Crippen LogP contribution >= 0.6 is 11.6 Å². The lowest BCUT2D eigenvalue weighted by molar-refractivity contribution is -0.140. The highest BCUT2D eigenvalue weighted by Crippen LogP contribution is 2.50. The van der Waals surface area contributed by atoms with E-state index in [1.54, 1.807) is 0 Å². The van der Waals surface area contributed by atoms with E-state index in [0.29, 0.717) is 5.02 Å². The molecule has 2 aromatic rings. The van der Waals surface area contributed by atoms with Crippen molar-refractivity contribution in [1.82, 2.24) is 0 Å². The first-order valence-corrected chi connectivity index (χ1v) is 15.3. The number of carboxylic acids is 1. The lowest BCUT2D eigenvalue weighted by Gasteiger charge is -2.41. The third kappa shape index (κ3) is 5.04. The second-order valence-corrected chi connectivity index (χ2v) is 14.5. The van der Waals surface area contributed by atoms with Crippen LogP contribution in [0.5, 0.6) is 0 Å². The van der Waals surface area contributed by atoms with Crippen LogP contribution in [0.3, 0.4) is 0 Å². The van der Waals surface area contributed by atoms with Crippen molar-refractivity contribution in [3.8, 4) is 0 Å². The maximum absolute atomic E-state index is 15.0. The van der Waals surface area contributed by atoms with Gasteiger partial charge >= 0.3 is 5.97 Å². The molecule has 0 aromatic heterocycles. The Hall–Kier alpha value is -2.04. The summed E-state index contributed by atoms with van der Waals surface area (Å²) < 4.78 is 77.9. The highest BCUT2D eigenvalue weighted by atomic mass is 35.5. The number of carboxylic acid groups (broad SMARTS) is 1. The van der Waals surface area contributed by atoms with Crippen LogP contribution < -0.4 is 0 Å². The molecule has 1 N–H and O–H groups in total. The van der Waals surface area contributed by atoms with E-state index in [9.17, 15) is 35.5 Å².